The SMILES string of the molecule is CCCc1nc(NCC2CCCO2)c(N)c(OCC(C)C)n1. The minimum absolute atomic E-state index is 0.240. The second-order valence-electron chi connectivity index (χ2n) is 6.18. The van der Waals surface area contributed by atoms with Gasteiger partial charge in [0.15, 0.2) is 5.82 Å². The summed E-state index contributed by atoms with van der Waals surface area (Å²) in [6.07, 6.45) is 4.24. The first-order valence-electron chi connectivity index (χ1n) is 8.24. The van der Waals surface area contributed by atoms with Crippen molar-refractivity contribution in [1.29, 1.82) is 0 Å². The zero-order valence-corrected chi connectivity index (χ0v) is 13.9. The standard InChI is InChI=1S/C16H28N4O2/c1-4-6-13-19-15(18-9-12-7-5-8-21-12)14(17)16(20-13)22-10-11(2)3/h11-12H,4-10,17H2,1-3H3,(H,18,19,20). The van der Waals surface area contributed by atoms with Gasteiger partial charge in [-0.2, -0.15) is 4.98 Å². The molecule has 22 heavy (non-hydrogen) atoms. The normalized spacial score (nSPS) is 17.9. The lowest BCUT2D eigenvalue weighted by Gasteiger charge is -2.16. The van der Waals surface area contributed by atoms with Crippen molar-refractivity contribution < 1.29 is 9.47 Å². The molecule has 3 N–H and O–H groups in total. The maximum absolute atomic E-state index is 6.17. The van der Waals surface area contributed by atoms with Gasteiger partial charge in [-0.3, -0.25) is 0 Å². The Morgan fingerprint density at radius 1 is 1.41 bits per heavy atom. The third-order valence-electron chi connectivity index (χ3n) is 3.51. The van der Waals surface area contributed by atoms with Gasteiger partial charge in [0, 0.05) is 19.6 Å². The average Bonchev–Trinajstić information content (AvgIpc) is 2.99. The first-order valence-corrected chi connectivity index (χ1v) is 8.24. The van der Waals surface area contributed by atoms with Crippen LogP contribution in [0.2, 0.25) is 0 Å². The molecule has 0 aliphatic carbocycles. The van der Waals surface area contributed by atoms with Crippen LogP contribution in [0.1, 0.15) is 45.9 Å². The lowest BCUT2D eigenvalue weighted by molar-refractivity contribution is 0.120. The van der Waals surface area contributed by atoms with Gasteiger partial charge < -0.3 is 20.5 Å². The van der Waals surface area contributed by atoms with Crippen LogP contribution in [0.25, 0.3) is 0 Å². The van der Waals surface area contributed by atoms with Crippen molar-refractivity contribution in [2.75, 3.05) is 30.8 Å². The average molecular weight is 308 g/mol. The minimum atomic E-state index is 0.240. The van der Waals surface area contributed by atoms with Gasteiger partial charge in [-0.25, -0.2) is 4.98 Å². The van der Waals surface area contributed by atoms with Crippen LogP contribution in [0.15, 0.2) is 0 Å². The van der Waals surface area contributed by atoms with Crippen molar-refractivity contribution in [1.82, 2.24) is 9.97 Å². The number of nitrogens with two attached hydrogens (primary N) is 1. The summed E-state index contributed by atoms with van der Waals surface area (Å²) >= 11 is 0. The molecule has 0 amide bonds. The highest BCUT2D eigenvalue weighted by molar-refractivity contribution is 5.67. The van der Waals surface area contributed by atoms with Crippen LogP contribution in [0, 0.1) is 5.92 Å². The van der Waals surface area contributed by atoms with Gasteiger partial charge in [-0.1, -0.05) is 20.8 Å². The molecule has 1 unspecified atom stereocenters. The molecule has 124 valence electrons. The molecule has 0 spiro atoms. The van der Waals surface area contributed by atoms with Crippen molar-refractivity contribution in [3.05, 3.63) is 5.82 Å². The molecular formula is C16H28N4O2. The van der Waals surface area contributed by atoms with Crippen molar-refractivity contribution >= 4 is 11.5 Å². The smallest absolute Gasteiger partial charge is 0.242 e. The number of anilines is 2. The molecule has 1 atom stereocenters. The molecule has 6 nitrogen and oxygen atoms in total. The molecule has 0 aromatic carbocycles. The lowest BCUT2D eigenvalue weighted by atomic mass is 10.2. The van der Waals surface area contributed by atoms with E-state index in [1.54, 1.807) is 0 Å². The van der Waals surface area contributed by atoms with Gasteiger partial charge in [0.05, 0.1) is 12.7 Å². The van der Waals surface area contributed by atoms with E-state index in [0.717, 1.165) is 44.7 Å². The number of nitrogens with one attached hydrogen (secondary N) is 1. The van der Waals surface area contributed by atoms with Crippen molar-refractivity contribution in [3.8, 4) is 5.88 Å². The van der Waals surface area contributed by atoms with Gasteiger partial charge in [-0.05, 0) is 25.2 Å². The minimum Gasteiger partial charge on any atom is -0.476 e. The largest absolute Gasteiger partial charge is 0.476 e. The number of nitrogen functional groups attached to an aromatic ring is 1. The van der Waals surface area contributed by atoms with Crippen LogP contribution in [0.4, 0.5) is 11.5 Å². The van der Waals surface area contributed by atoms with Gasteiger partial charge in [0.2, 0.25) is 5.88 Å². The predicted molar refractivity (Wildman–Crippen MR) is 88.2 cm³/mol. The van der Waals surface area contributed by atoms with Crippen LogP contribution in [0.3, 0.4) is 0 Å². The second-order valence-corrected chi connectivity index (χ2v) is 6.18. The third-order valence-corrected chi connectivity index (χ3v) is 3.51. The summed E-state index contributed by atoms with van der Waals surface area (Å²) in [6, 6.07) is 0. The molecule has 0 radical (unpaired) electrons. The summed E-state index contributed by atoms with van der Waals surface area (Å²) < 4.78 is 11.4. The van der Waals surface area contributed by atoms with E-state index in [9.17, 15) is 0 Å². The number of aryl methyl sites for hydroxylation is 1. The zero-order valence-electron chi connectivity index (χ0n) is 13.9. The van der Waals surface area contributed by atoms with E-state index >= 15 is 0 Å². The lowest BCUT2D eigenvalue weighted by Crippen LogP contribution is -2.21. The monoisotopic (exact) mass is 308 g/mol. The maximum Gasteiger partial charge on any atom is 0.242 e. The fourth-order valence-electron chi connectivity index (χ4n) is 2.33. The Labute approximate surface area is 132 Å². The van der Waals surface area contributed by atoms with Crippen LogP contribution in [-0.4, -0.2) is 35.8 Å². The first-order chi connectivity index (χ1) is 10.6. The van der Waals surface area contributed by atoms with Crippen LogP contribution in [-0.2, 0) is 11.2 Å². The van der Waals surface area contributed by atoms with Gasteiger partial charge in [0.25, 0.3) is 0 Å². The summed E-state index contributed by atoms with van der Waals surface area (Å²) in [5, 5.41) is 3.30. The quantitative estimate of drug-likeness (QED) is 0.768. The highest BCUT2D eigenvalue weighted by Crippen LogP contribution is 2.27. The Kier molecular flexibility index (Phi) is 6.24. The Morgan fingerprint density at radius 3 is 2.86 bits per heavy atom. The van der Waals surface area contributed by atoms with Crippen LogP contribution in [0.5, 0.6) is 5.88 Å². The zero-order chi connectivity index (χ0) is 15.9. The van der Waals surface area contributed by atoms with E-state index in [1.807, 2.05) is 0 Å². The Balaban J connectivity index is 2.10. The second kappa shape index (κ2) is 8.17. The molecule has 1 fully saturated rings. The molecule has 1 aliphatic rings. The summed E-state index contributed by atoms with van der Waals surface area (Å²) in [7, 11) is 0. The fraction of sp³-hybridized carbons (Fsp3) is 0.750. The number of nitrogens with zero attached hydrogens (tertiary/aromatic N) is 2. The van der Waals surface area contributed by atoms with Crippen LogP contribution >= 0.6 is 0 Å². The molecule has 6 heteroatoms. The number of hydrogen-bond acceptors (Lipinski definition) is 6. The first kappa shape index (κ1) is 16.8. The molecule has 2 heterocycles. The molecule has 0 bridgehead atoms. The highest BCUT2D eigenvalue weighted by atomic mass is 16.5. The van der Waals surface area contributed by atoms with E-state index < -0.39 is 0 Å². The van der Waals surface area contributed by atoms with E-state index in [4.69, 9.17) is 15.2 Å². The van der Waals surface area contributed by atoms with Crippen molar-refractivity contribution in [2.24, 2.45) is 5.92 Å². The molecular weight excluding hydrogens is 280 g/mol. The van der Waals surface area contributed by atoms with E-state index in [1.165, 1.54) is 0 Å². The molecule has 1 aromatic rings. The molecule has 1 aromatic heterocycles. The van der Waals surface area contributed by atoms with E-state index in [2.05, 4.69) is 36.1 Å². The van der Waals surface area contributed by atoms with Gasteiger partial charge in [-0.15, -0.1) is 0 Å². The van der Waals surface area contributed by atoms with Gasteiger partial charge >= 0.3 is 0 Å². The summed E-state index contributed by atoms with van der Waals surface area (Å²) in [4.78, 5) is 8.97. The van der Waals surface area contributed by atoms with Gasteiger partial charge in [0.1, 0.15) is 11.5 Å². The highest BCUT2D eigenvalue weighted by Gasteiger charge is 2.18. The van der Waals surface area contributed by atoms with Crippen LogP contribution < -0.4 is 15.8 Å². The third kappa shape index (κ3) is 4.73. The maximum atomic E-state index is 6.17. The summed E-state index contributed by atoms with van der Waals surface area (Å²) in [6.45, 7) is 8.46. The summed E-state index contributed by atoms with van der Waals surface area (Å²) in [5.74, 6) is 2.34. The number of hydrogen-bond donors (Lipinski definition) is 2. The van der Waals surface area contributed by atoms with Crippen molar-refractivity contribution in [2.45, 2.75) is 52.6 Å². The molecule has 0 saturated carbocycles. The Hall–Kier alpha value is -1.56. The molecule has 1 aliphatic heterocycles. The van der Waals surface area contributed by atoms with E-state index in [-0.39, 0.29) is 6.10 Å². The van der Waals surface area contributed by atoms with Crippen molar-refractivity contribution in [3.63, 3.8) is 0 Å². The predicted octanol–water partition coefficient (Wildman–Crippen LogP) is 2.64. The molecule has 2 rings (SSSR count). The topological polar surface area (TPSA) is 82.3 Å². The Bertz CT molecular complexity index is 473. The van der Waals surface area contributed by atoms with E-state index in [0.29, 0.717) is 29.9 Å². The molecule has 1 saturated heterocycles. The Morgan fingerprint density at radius 2 is 2.23 bits per heavy atom. The number of rotatable bonds is 8. The fourth-order valence-corrected chi connectivity index (χ4v) is 2.33. The summed E-state index contributed by atoms with van der Waals surface area (Å²) in [5.41, 5.74) is 6.65. The number of ether oxygens (including phenoxy) is 2. The number of aromatic nitrogens is 2.